The van der Waals surface area contributed by atoms with Crippen LogP contribution in [-0.4, -0.2) is 54.9 Å². The van der Waals surface area contributed by atoms with Crippen LogP contribution in [0.3, 0.4) is 0 Å². The third-order valence-electron chi connectivity index (χ3n) is 4.60. The molecule has 2 aromatic rings. The van der Waals surface area contributed by atoms with E-state index in [0.29, 0.717) is 43.1 Å². The summed E-state index contributed by atoms with van der Waals surface area (Å²) in [4.78, 5) is 28.5. The molecule has 142 valence electrons. The number of carbonyl (C=O) groups excluding carboxylic acids is 2. The number of ether oxygens (including phenoxy) is 1. The Bertz CT molecular complexity index is 834. The van der Waals surface area contributed by atoms with Gasteiger partial charge in [0.15, 0.2) is 0 Å². The monoisotopic (exact) mass is 390 g/mol. The number of benzene rings is 2. The van der Waals surface area contributed by atoms with Gasteiger partial charge in [-0.3, -0.25) is 9.59 Å². The standard InChI is InChI=1S/C20H20ClFN2O3/c1-27-16-5-3-15(4-6-16)20(26)24-10-8-23(9-11-24)19(25)13-14-2-7-18(22)17(21)12-14/h2-7,12H,8-11,13H2,1H3. The summed E-state index contributed by atoms with van der Waals surface area (Å²) in [6.07, 6.45) is 0.159. The minimum atomic E-state index is -0.501. The number of nitrogens with zero attached hydrogens (tertiary/aromatic N) is 2. The molecule has 27 heavy (non-hydrogen) atoms. The fourth-order valence-electron chi connectivity index (χ4n) is 3.01. The first-order valence-corrected chi connectivity index (χ1v) is 9.01. The van der Waals surface area contributed by atoms with E-state index >= 15 is 0 Å². The van der Waals surface area contributed by atoms with E-state index in [9.17, 15) is 14.0 Å². The van der Waals surface area contributed by atoms with Gasteiger partial charge in [-0.2, -0.15) is 0 Å². The van der Waals surface area contributed by atoms with Crippen molar-refractivity contribution in [2.24, 2.45) is 0 Å². The second-order valence-electron chi connectivity index (χ2n) is 6.33. The Labute approximate surface area is 162 Å². The van der Waals surface area contributed by atoms with Crippen LogP contribution >= 0.6 is 11.6 Å². The van der Waals surface area contributed by atoms with Crippen LogP contribution in [0, 0.1) is 5.82 Å². The van der Waals surface area contributed by atoms with Gasteiger partial charge in [-0.1, -0.05) is 17.7 Å². The lowest BCUT2D eigenvalue weighted by molar-refractivity contribution is -0.131. The molecule has 2 amide bonds. The number of hydrogen-bond acceptors (Lipinski definition) is 3. The summed E-state index contributed by atoms with van der Waals surface area (Å²) in [5.74, 6) is 0.0747. The van der Waals surface area contributed by atoms with Gasteiger partial charge >= 0.3 is 0 Å². The fraction of sp³-hybridized carbons (Fsp3) is 0.300. The minimum Gasteiger partial charge on any atom is -0.497 e. The largest absolute Gasteiger partial charge is 0.497 e. The van der Waals surface area contributed by atoms with Crippen LogP contribution in [0.2, 0.25) is 5.02 Å². The molecule has 0 bridgehead atoms. The zero-order valence-corrected chi connectivity index (χ0v) is 15.7. The summed E-state index contributed by atoms with van der Waals surface area (Å²) < 4.78 is 18.3. The van der Waals surface area contributed by atoms with E-state index in [4.69, 9.17) is 16.3 Å². The molecular weight excluding hydrogens is 371 g/mol. The molecule has 0 spiro atoms. The second kappa shape index (κ2) is 8.39. The highest BCUT2D eigenvalue weighted by atomic mass is 35.5. The van der Waals surface area contributed by atoms with Crippen molar-refractivity contribution in [1.29, 1.82) is 0 Å². The van der Waals surface area contributed by atoms with E-state index in [1.54, 1.807) is 47.2 Å². The molecule has 0 atom stereocenters. The van der Waals surface area contributed by atoms with Gasteiger partial charge in [-0.15, -0.1) is 0 Å². The number of amides is 2. The van der Waals surface area contributed by atoms with Crippen molar-refractivity contribution in [2.75, 3.05) is 33.3 Å². The quantitative estimate of drug-likeness (QED) is 0.806. The molecule has 1 heterocycles. The first kappa shape index (κ1) is 19.2. The summed E-state index contributed by atoms with van der Waals surface area (Å²) in [5.41, 5.74) is 1.26. The maximum Gasteiger partial charge on any atom is 0.253 e. The van der Waals surface area contributed by atoms with Gasteiger partial charge in [-0.05, 0) is 42.0 Å². The van der Waals surface area contributed by atoms with E-state index < -0.39 is 5.82 Å². The van der Waals surface area contributed by atoms with Gasteiger partial charge < -0.3 is 14.5 Å². The molecule has 0 unspecified atom stereocenters. The molecule has 0 aromatic heterocycles. The Hall–Kier alpha value is -2.60. The van der Waals surface area contributed by atoms with Crippen molar-refractivity contribution in [2.45, 2.75) is 6.42 Å². The SMILES string of the molecule is COc1ccc(C(=O)N2CCN(C(=O)Cc3ccc(F)c(Cl)c3)CC2)cc1. The maximum atomic E-state index is 13.2. The average molecular weight is 391 g/mol. The topological polar surface area (TPSA) is 49.9 Å². The van der Waals surface area contributed by atoms with Crippen molar-refractivity contribution in [3.05, 3.63) is 64.4 Å². The molecular formula is C20H20ClFN2O3. The van der Waals surface area contributed by atoms with E-state index in [0.717, 1.165) is 0 Å². The number of piperazine rings is 1. The van der Waals surface area contributed by atoms with E-state index in [1.165, 1.54) is 12.1 Å². The van der Waals surface area contributed by atoms with Crippen molar-refractivity contribution < 1.29 is 18.7 Å². The Balaban J connectivity index is 1.55. The Kier molecular flexibility index (Phi) is 5.96. The van der Waals surface area contributed by atoms with Crippen molar-refractivity contribution in [3.63, 3.8) is 0 Å². The predicted octanol–water partition coefficient (Wildman–Crippen LogP) is 3.01. The number of hydrogen-bond donors (Lipinski definition) is 0. The molecule has 0 N–H and O–H groups in total. The lowest BCUT2D eigenvalue weighted by Gasteiger charge is -2.35. The lowest BCUT2D eigenvalue weighted by atomic mass is 10.1. The first-order chi connectivity index (χ1) is 13.0. The van der Waals surface area contributed by atoms with Crippen LogP contribution in [0.25, 0.3) is 0 Å². The lowest BCUT2D eigenvalue weighted by Crippen LogP contribution is -2.51. The van der Waals surface area contributed by atoms with Gasteiger partial charge in [0, 0.05) is 31.7 Å². The Morgan fingerprint density at radius 2 is 1.67 bits per heavy atom. The summed E-state index contributed by atoms with van der Waals surface area (Å²) in [5, 5.41) is 0.00945. The number of carbonyl (C=O) groups is 2. The molecule has 5 nitrogen and oxygen atoms in total. The Morgan fingerprint density at radius 3 is 2.26 bits per heavy atom. The first-order valence-electron chi connectivity index (χ1n) is 8.63. The molecule has 7 heteroatoms. The Morgan fingerprint density at radius 1 is 1.04 bits per heavy atom. The van der Waals surface area contributed by atoms with Gasteiger partial charge in [0.25, 0.3) is 5.91 Å². The third kappa shape index (κ3) is 4.57. The molecule has 1 aliphatic rings. The van der Waals surface area contributed by atoms with E-state index in [-0.39, 0.29) is 23.3 Å². The van der Waals surface area contributed by atoms with E-state index in [1.807, 2.05) is 0 Å². The smallest absolute Gasteiger partial charge is 0.253 e. The van der Waals surface area contributed by atoms with Crippen molar-refractivity contribution >= 4 is 23.4 Å². The van der Waals surface area contributed by atoms with Gasteiger partial charge in [0.2, 0.25) is 5.91 Å². The number of halogens is 2. The molecule has 1 aliphatic heterocycles. The summed E-state index contributed by atoms with van der Waals surface area (Å²) >= 11 is 5.76. The molecule has 3 rings (SSSR count). The molecule has 1 saturated heterocycles. The number of methoxy groups -OCH3 is 1. The molecule has 1 fully saturated rings. The molecule has 2 aromatic carbocycles. The highest BCUT2D eigenvalue weighted by Gasteiger charge is 2.25. The predicted molar refractivity (Wildman–Crippen MR) is 101 cm³/mol. The van der Waals surface area contributed by atoms with Crippen LogP contribution in [0.15, 0.2) is 42.5 Å². The molecule has 0 saturated carbocycles. The van der Waals surface area contributed by atoms with Crippen LogP contribution in [0.5, 0.6) is 5.75 Å². The highest BCUT2D eigenvalue weighted by Crippen LogP contribution is 2.18. The third-order valence-corrected chi connectivity index (χ3v) is 4.89. The zero-order valence-electron chi connectivity index (χ0n) is 15.0. The summed E-state index contributed by atoms with van der Waals surface area (Å²) in [6, 6.07) is 11.3. The zero-order chi connectivity index (χ0) is 19.4. The van der Waals surface area contributed by atoms with Crippen LogP contribution in [-0.2, 0) is 11.2 Å². The normalized spacial score (nSPS) is 14.2. The van der Waals surface area contributed by atoms with Crippen molar-refractivity contribution in [3.8, 4) is 5.75 Å². The second-order valence-corrected chi connectivity index (χ2v) is 6.73. The summed E-state index contributed by atoms with van der Waals surface area (Å²) in [7, 11) is 1.58. The van der Waals surface area contributed by atoms with Crippen molar-refractivity contribution in [1.82, 2.24) is 9.80 Å². The van der Waals surface area contributed by atoms with Gasteiger partial charge in [0.1, 0.15) is 11.6 Å². The van der Waals surface area contributed by atoms with Gasteiger partial charge in [-0.25, -0.2) is 4.39 Å². The highest BCUT2D eigenvalue weighted by molar-refractivity contribution is 6.30. The van der Waals surface area contributed by atoms with Crippen LogP contribution in [0.1, 0.15) is 15.9 Å². The summed E-state index contributed by atoms with van der Waals surface area (Å²) in [6.45, 7) is 1.88. The van der Waals surface area contributed by atoms with Gasteiger partial charge in [0.05, 0.1) is 18.6 Å². The average Bonchev–Trinajstić information content (AvgIpc) is 2.70. The van der Waals surface area contributed by atoms with Crippen LogP contribution < -0.4 is 4.74 Å². The number of rotatable bonds is 4. The molecule has 0 aliphatic carbocycles. The molecule has 0 radical (unpaired) electrons. The van der Waals surface area contributed by atoms with Crippen LogP contribution in [0.4, 0.5) is 4.39 Å². The maximum absolute atomic E-state index is 13.2. The van der Waals surface area contributed by atoms with E-state index in [2.05, 4.69) is 0 Å². The fourth-order valence-corrected chi connectivity index (χ4v) is 3.21. The minimum absolute atomic E-state index is 0.00945.